The van der Waals surface area contributed by atoms with Crippen LogP contribution in [0.5, 0.6) is 0 Å². The summed E-state index contributed by atoms with van der Waals surface area (Å²) in [6, 6.07) is 1.83. The van der Waals surface area contributed by atoms with Gasteiger partial charge in [-0.3, -0.25) is 9.08 Å². The Balaban J connectivity index is 1.44. The maximum absolute atomic E-state index is 12.7. The Labute approximate surface area is 177 Å². The van der Waals surface area contributed by atoms with Gasteiger partial charge in [0, 0.05) is 37.7 Å². The second-order valence-electron chi connectivity index (χ2n) is 7.52. The van der Waals surface area contributed by atoms with Crippen LogP contribution in [0, 0.1) is 12.8 Å². The number of hydrogen-bond acceptors (Lipinski definition) is 7. The molecule has 0 atom stereocenters. The van der Waals surface area contributed by atoms with Gasteiger partial charge in [0.2, 0.25) is 10.0 Å². The van der Waals surface area contributed by atoms with Gasteiger partial charge in [-0.1, -0.05) is 0 Å². The normalized spacial score (nSPS) is 14.5. The highest BCUT2D eigenvalue weighted by Crippen LogP contribution is 2.34. The van der Waals surface area contributed by atoms with Gasteiger partial charge in [0.15, 0.2) is 11.5 Å². The van der Waals surface area contributed by atoms with Crippen LogP contribution in [-0.4, -0.2) is 39.1 Å². The molecule has 0 spiro atoms. The van der Waals surface area contributed by atoms with Gasteiger partial charge >= 0.3 is 0 Å². The van der Waals surface area contributed by atoms with Crippen LogP contribution in [0.4, 0.5) is 10.8 Å². The lowest BCUT2D eigenvalue weighted by Gasteiger charge is -2.06. The van der Waals surface area contributed by atoms with Crippen LogP contribution in [-0.2, 0) is 17.1 Å². The number of nitrogens with zero attached hydrogens (tertiary/aromatic N) is 5. The third kappa shape index (κ3) is 3.59. The molecule has 0 unspecified atom stereocenters. The van der Waals surface area contributed by atoms with E-state index in [-0.39, 0.29) is 0 Å². The number of imidazole rings is 1. The van der Waals surface area contributed by atoms with Gasteiger partial charge in [-0.15, -0.1) is 11.3 Å². The monoisotopic (exact) mass is 443 g/mol. The summed E-state index contributed by atoms with van der Waals surface area (Å²) in [4.78, 5) is 8.92. The maximum atomic E-state index is 12.7. The van der Waals surface area contributed by atoms with Gasteiger partial charge in [-0.05, 0) is 37.3 Å². The zero-order valence-corrected chi connectivity index (χ0v) is 18.2. The lowest BCUT2D eigenvalue weighted by Crippen LogP contribution is -2.25. The van der Waals surface area contributed by atoms with E-state index < -0.39 is 10.0 Å². The Morgan fingerprint density at radius 1 is 1.27 bits per heavy atom. The summed E-state index contributed by atoms with van der Waals surface area (Å²) >= 11 is 1.20. The van der Waals surface area contributed by atoms with Gasteiger partial charge in [-0.25, -0.2) is 23.1 Å². The molecule has 4 aromatic heterocycles. The predicted octanol–water partition coefficient (Wildman–Crippen LogP) is 2.93. The molecule has 0 aliphatic heterocycles. The van der Waals surface area contributed by atoms with E-state index >= 15 is 0 Å². The minimum atomic E-state index is -3.51. The second-order valence-corrected chi connectivity index (χ2v) is 10.5. The van der Waals surface area contributed by atoms with Crippen LogP contribution in [0.25, 0.3) is 16.9 Å². The molecule has 1 fully saturated rings. The van der Waals surface area contributed by atoms with Crippen molar-refractivity contribution in [3.05, 3.63) is 42.6 Å². The smallest absolute Gasteiger partial charge is 0.250 e. The van der Waals surface area contributed by atoms with E-state index in [2.05, 4.69) is 25.1 Å². The summed E-state index contributed by atoms with van der Waals surface area (Å²) < 4.78 is 32.0. The number of fused-ring (bicyclic) bond motifs is 1. The van der Waals surface area contributed by atoms with Crippen molar-refractivity contribution in [3.8, 4) is 11.3 Å². The summed E-state index contributed by atoms with van der Waals surface area (Å²) in [5, 5.41) is 8.16. The topological polar surface area (TPSA) is 106 Å². The Morgan fingerprint density at radius 3 is 2.83 bits per heavy atom. The highest BCUT2D eigenvalue weighted by Gasteiger charge is 2.26. The fraction of sp³-hybridized carbons (Fsp3) is 0.316. The first-order chi connectivity index (χ1) is 14.4. The lowest BCUT2D eigenvalue weighted by molar-refractivity contribution is 0.579. The van der Waals surface area contributed by atoms with Crippen LogP contribution in [0.15, 0.2) is 41.3 Å². The van der Waals surface area contributed by atoms with Crippen molar-refractivity contribution in [1.82, 2.24) is 28.9 Å². The van der Waals surface area contributed by atoms with Crippen LogP contribution in [0.3, 0.4) is 0 Å². The minimum absolute atomic E-state index is 0.331. The first-order valence-corrected chi connectivity index (χ1v) is 11.9. The quantitative estimate of drug-likeness (QED) is 0.455. The molecule has 0 aromatic carbocycles. The lowest BCUT2D eigenvalue weighted by atomic mass is 10.3. The third-order valence-corrected chi connectivity index (χ3v) is 8.26. The molecule has 1 saturated carbocycles. The van der Waals surface area contributed by atoms with E-state index in [0.29, 0.717) is 38.7 Å². The third-order valence-electron chi connectivity index (χ3n) is 5.05. The molecule has 156 valence electrons. The fourth-order valence-corrected chi connectivity index (χ4v) is 6.06. The van der Waals surface area contributed by atoms with Crippen LogP contribution < -0.4 is 10.0 Å². The average Bonchev–Trinajstić information content (AvgIpc) is 3.07. The molecule has 0 amide bonds. The minimum Gasteiger partial charge on any atom is -0.329 e. The predicted molar refractivity (Wildman–Crippen MR) is 115 cm³/mol. The van der Waals surface area contributed by atoms with Crippen LogP contribution in [0.1, 0.15) is 18.4 Å². The number of thiophene rings is 1. The molecular formula is C19H21N7O2S2. The number of rotatable bonds is 7. The number of sulfonamides is 1. The largest absolute Gasteiger partial charge is 0.329 e. The van der Waals surface area contributed by atoms with E-state index in [0.717, 1.165) is 24.1 Å². The van der Waals surface area contributed by atoms with Gasteiger partial charge in [0.1, 0.15) is 4.21 Å². The SMILES string of the molecule is Cc1cc(Nc2nccn3c(-c4cnn(C)c4)cnc23)sc1S(=O)(=O)NCC1CC1. The molecule has 0 bridgehead atoms. The molecule has 0 saturated heterocycles. The average molecular weight is 444 g/mol. The zero-order chi connectivity index (χ0) is 20.9. The number of nitrogens with one attached hydrogen (secondary N) is 2. The van der Waals surface area contributed by atoms with Gasteiger partial charge < -0.3 is 5.32 Å². The molecule has 4 aromatic rings. The Kier molecular flexibility index (Phi) is 4.60. The summed E-state index contributed by atoms with van der Waals surface area (Å²) in [6.45, 7) is 2.31. The van der Waals surface area contributed by atoms with E-state index in [4.69, 9.17) is 0 Å². The van der Waals surface area contributed by atoms with Crippen LogP contribution >= 0.6 is 11.3 Å². The molecular weight excluding hydrogens is 422 g/mol. The highest BCUT2D eigenvalue weighted by molar-refractivity contribution is 7.91. The second kappa shape index (κ2) is 7.18. The fourth-order valence-electron chi connectivity index (χ4n) is 3.30. The number of aromatic nitrogens is 5. The van der Waals surface area contributed by atoms with Crippen molar-refractivity contribution >= 4 is 37.8 Å². The van der Waals surface area contributed by atoms with E-state index in [1.165, 1.54) is 11.3 Å². The summed E-state index contributed by atoms with van der Waals surface area (Å²) in [5.74, 6) is 1.04. The molecule has 11 heteroatoms. The standard InChI is InChI=1S/C19H21N7O2S2/c1-12-7-16(29-19(12)30(27,28)23-8-13-3-4-13)24-17-18-21-10-15(26(18)6-5-20-17)14-9-22-25(2)11-14/h5-7,9-11,13,23H,3-4,8H2,1-2H3,(H,20,24). The molecule has 9 nitrogen and oxygen atoms in total. The number of aryl methyl sites for hydroxylation is 2. The van der Waals surface area contributed by atoms with Crippen molar-refractivity contribution in [2.24, 2.45) is 13.0 Å². The van der Waals surface area contributed by atoms with Gasteiger partial charge in [-0.2, -0.15) is 5.10 Å². The molecule has 5 rings (SSSR count). The Hall–Kier alpha value is -2.76. The van der Waals surface area contributed by atoms with Crippen molar-refractivity contribution in [2.75, 3.05) is 11.9 Å². The van der Waals surface area contributed by atoms with E-state index in [9.17, 15) is 8.42 Å². The number of anilines is 2. The molecule has 0 radical (unpaired) electrons. The number of hydrogen-bond donors (Lipinski definition) is 2. The zero-order valence-electron chi connectivity index (χ0n) is 16.5. The van der Waals surface area contributed by atoms with Crippen molar-refractivity contribution < 1.29 is 8.42 Å². The van der Waals surface area contributed by atoms with Crippen molar-refractivity contribution in [2.45, 2.75) is 24.0 Å². The molecule has 4 heterocycles. The first-order valence-electron chi connectivity index (χ1n) is 9.59. The maximum Gasteiger partial charge on any atom is 0.250 e. The van der Waals surface area contributed by atoms with Gasteiger partial charge in [0.05, 0.1) is 23.1 Å². The Morgan fingerprint density at radius 2 is 2.10 bits per heavy atom. The first kappa shape index (κ1) is 19.2. The van der Waals surface area contributed by atoms with Gasteiger partial charge in [0.25, 0.3) is 0 Å². The molecule has 30 heavy (non-hydrogen) atoms. The van der Waals surface area contributed by atoms with E-state index in [1.54, 1.807) is 30.2 Å². The molecule has 1 aliphatic carbocycles. The summed E-state index contributed by atoms with van der Waals surface area (Å²) in [7, 11) is -1.64. The molecule has 1 aliphatic rings. The van der Waals surface area contributed by atoms with Crippen LogP contribution in [0.2, 0.25) is 0 Å². The highest BCUT2D eigenvalue weighted by atomic mass is 32.2. The summed E-state index contributed by atoms with van der Waals surface area (Å²) in [6.07, 6.45) is 11.2. The van der Waals surface area contributed by atoms with E-state index in [1.807, 2.05) is 29.9 Å². The Bertz CT molecular complexity index is 1330. The van der Waals surface area contributed by atoms with Crippen molar-refractivity contribution in [3.63, 3.8) is 0 Å². The molecule has 2 N–H and O–H groups in total. The summed E-state index contributed by atoms with van der Waals surface area (Å²) in [5.41, 5.74) is 3.21. The van der Waals surface area contributed by atoms with Crippen molar-refractivity contribution in [1.29, 1.82) is 0 Å².